The van der Waals surface area contributed by atoms with Gasteiger partial charge in [0.05, 0.1) is 12.1 Å². The van der Waals surface area contributed by atoms with E-state index in [0.717, 1.165) is 5.56 Å². The maximum Gasteiger partial charge on any atom is 0.174 e. The molecule has 1 heterocycles. The largest absolute Gasteiger partial charge is 0.394 e. The zero-order valence-corrected chi connectivity index (χ0v) is 17.7. The Morgan fingerprint density at radius 2 is 1.79 bits per heavy atom. The number of nitrogens with zero attached hydrogens (tertiary/aromatic N) is 1. The number of nitrogens with one attached hydrogen (secondary N) is 1. The summed E-state index contributed by atoms with van der Waals surface area (Å²) in [6.45, 7) is 2.02. The van der Waals surface area contributed by atoms with Crippen molar-refractivity contribution in [2.24, 2.45) is 7.05 Å². The lowest BCUT2D eigenvalue weighted by atomic mass is 10.0. The first-order valence-corrected chi connectivity index (χ1v) is 9.44. The summed E-state index contributed by atoms with van der Waals surface area (Å²) in [6, 6.07) is 19.2. The highest BCUT2D eigenvalue weighted by atomic mass is 35.5. The molecule has 0 aliphatic carbocycles. The van der Waals surface area contributed by atoms with E-state index in [4.69, 9.17) is 4.74 Å². The Kier molecular flexibility index (Phi) is 6.17. The van der Waals surface area contributed by atoms with E-state index < -0.39 is 11.8 Å². The molecule has 0 spiro atoms. The van der Waals surface area contributed by atoms with Crippen molar-refractivity contribution < 1.29 is 14.9 Å². The molecule has 0 bridgehead atoms. The maximum absolute atomic E-state index is 10.0. The van der Waals surface area contributed by atoms with Crippen LogP contribution in [0.4, 0.5) is 0 Å². The molecule has 0 radical (unpaired) electrons. The number of hydrogen-bond donors (Lipinski definition) is 3. The quantitative estimate of drug-likeness (QED) is 0.421. The van der Waals surface area contributed by atoms with Gasteiger partial charge in [0, 0.05) is 42.5 Å². The van der Waals surface area contributed by atoms with E-state index >= 15 is 0 Å². The van der Waals surface area contributed by atoms with Crippen LogP contribution in [0.1, 0.15) is 12.5 Å². The van der Waals surface area contributed by atoms with Gasteiger partial charge < -0.3 is 24.8 Å². The maximum atomic E-state index is 10.0. The lowest BCUT2D eigenvalue weighted by Gasteiger charge is -2.32. The van der Waals surface area contributed by atoms with E-state index in [1.165, 1.54) is 39.7 Å². The van der Waals surface area contributed by atoms with Gasteiger partial charge in [0.2, 0.25) is 0 Å². The molecule has 154 valence electrons. The number of aryl methyl sites for hydroxylation is 1. The number of methoxy groups -OCH3 is 1. The summed E-state index contributed by atoms with van der Waals surface area (Å²) in [6.07, 6.45) is -1.09. The molecule has 5 nitrogen and oxygen atoms in total. The van der Waals surface area contributed by atoms with Crippen molar-refractivity contribution in [2.45, 2.75) is 25.3 Å². The lowest BCUT2D eigenvalue weighted by Crippen LogP contribution is -2.55. The number of ether oxygens (including phenoxy) is 1. The van der Waals surface area contributed by atoms with Gasteiger partial charge in [0.15, 0.2) is 6.29 Å². The lowest BCUT2D eigenvalue weighted by molar-refractivity contribution is -0.140. The molecule has 0 saturated heterocycles. The highest BCUT2D eigenvalue weighted by molar-refractivity contribution is 6.20. The predicted octanol–water partition coefficient (Wildman–Crippen LogP) is 3.71. The SMILES string of the molecule is COC(O)C(C)(CO)NCc1ccc2c(c1)c1c3ccccc3ccc1n2C.Cl. The summed E-state index contributed by atoms with van der Waals surface area (Å²) in [5.74, 6) is 0. The van der Waals surface area contributed by atoms with Crippen LogP contribution in [0.3, 0.4) is 0 Å². The highest BCUT2D eigenvalue weighted by Crippen LogP contribution is 2.34. The topological polar surface area (TPSA) is 66.7 Å². The minimum atomic E-state index is -1.09. The van der Waals surface area contributed by atoms with E-state index in [1.807, 2.05) is 0 Å². The smallest absolute Gasteiger partial charge is 0.174 e. The van der Waals surface area contributed by atoms with Gasteiger partial charge in [-0.05, 0) is 41.5 Å². The summed E-state index contributed by atoms with van der Waals surface area (Å²) < 4.78 is 7.23. The van der Waals surface area contributed by atoms with Crippen LogP contribution >= 0.6 is 12.4 Å². The molecule has 4 rings (SSSR count). The van der Waals surface area contributed by atoms with E-state index in [0.29, 0.717) is 6.54 Å². The Morgan fingerprint density at radius 3 is 2.52 bits per heavy atom. The number of aromatic nitrogens is 1. The third kappa shape index (κ3) is 3.61. The molecular weight excluding hydrogens is 388 g/mol. The summed E-state index contributed by atoms with van der Waals surface area (Å²) in [5.41, 5.74) is 2.52. The Bertz CT molecular complexity index is 1160. The normalized spacial score (nSPS) is 14.8. The van der Waals surface area contributed by atoms with Crippen LogP contribution < -0.4 is 5.32 Å². The van der Waals surface area contributed by atoms with E-state index in [9.17, 15) is 10.2 Å². The van der Waals surface area contributed by atoms with Gasteiger partial charge in [-0.3, -0.25) is 0 Å². The Labute approximate surface area is 176 Å². The van der Waals surface area contributed by atoms with Crippen molar-refractivity contribution in [1.82, 2.24) is 9.88 Å². The average molecular weight is 415 g/mol. The Balaban J connectivity index is 0.00000240. The molecule has 2 atom stereocenters. The van der Waals surface area contributed by atoms with Crippen molar-refractivity contribution in [3.63, 3.8) is 0 Å². The zero-order valence-electron chi connectivity index (χ0n) is 16.8. The first-order chi connectivity index (χ1) is 13.5. The minimum absolute atomic E-state index is 0. The fraction of sp³-hybridized carbons (Fsp3) is 0.304. The summed E-state index contributed by atoms with van der Waals surface area (Å²) >= 11 is 0. The molecule has 0 fully saturated rings. The van der Waals surface area contributed by atoms with Crippen LogP contribution in [0.15, 0.2) is 54.6 Å². The third-order valence-electron chi connectivity index (χ3n) is 5.75. The van der Waals surface area contributed by atoms with Gasteiger partial charge in [-0.1, -0.05) is 36.4 Å². The average Bonchev–Trinajstić information content (AvgIpc) is 3.03. The highest BCUT2D eigenvalue weighted by Gasteiger charge is 2.32. The molecule has 1 aromatic heterocycles. The fourth-order valence-corrected chi connectivity index (χ4v) is 3.92. The number of aliphatic hydroxyl groups is 2. The van der Waals surface area contributed by atoms with Crippen LogP contribution in [-0.4, -0.2) is 40.3 Å². The van der Waals surface area contributed by atoms with Gasteiger partial charge in [-0.15, -0.1) is 12.4 Å². The second-order valence-electron chi connectivity index (χ2n) is 7.61. The van der Waals surface area contributed by atoms with Gasteiger partial charge >= 0.3 is 0 Å². The number of benzene rings is 3. The monoisotopic (exact) mass is 414 g/mol. The van der Waals surface area contributed by atoms with Crippen molar-refractivity contribution in [3.8, 4) is 0 Å². The molecule has 6 heteroatoms. The summed E-state index contributed by atoms with van der Waals surface area (Å²) in [4.78, 5) is 0. The second kappa shape index (κ2) is 8.30. The summed E-state index contributed by atoms with van der Waals surface area (Å²) in [5, 5.41) is 27.9. The standard InChI is InChI=1S/C23H26N2O3.ClH/c1-23(14-26,22(27)28-3)24-13-15-8-10-19-18(12-15)21-17-7-5-4-6-16(17)9-11-20(21)25(19)2;/h4-12,22,24,26-27H,13-14H2,1-3H3;1H. The van der Waals surface area contributed by atoms with E-state index in [1.54, 1.807) is 6.92 Å². The van der Waals surface area contributed by atoms with Crippen LogP contribution in [0.5, 0.6) is 0 Å². The van der Waals surface area contributed by atoms with Gasteiger partial charge in [0.1, 0.15) is 0 Å². The third-order valence-corrected chi connectivity index (χ3v) is 5.75. The molecule has 0 amide bonds. The molecular formula is C23H27ClN2O3. The van der Waals surface area contributed by atoms with E-state index in [-0.39, 0.29) is 19.0 Å². The number of fused-ring (bicyclic) bond motifs is 5. The van der Waals surface area contributed by atoms with Crippen molar-refractivity contribution in [2.75, 3.05) is 13.7 Å². The number of hydrogen-bond acceptors (Lipinski definition) is 4. The van der Waals surface area contributed by atoms with Crippen LogP contribution in [0.25, 0.3) is 32.6 Å². The molecule has 4 aromatic rings. The minimum Gasteiger partial charge on any atom is -0.394 e. The molecule has 0 saturated carbocycles. The molecule has 0 aliphatic rings. The first-order valence-electron chi connectivity index (χ1n) is 9.44. The predicted molar refractivity (Wildman–Crippen MR) is 121 cm³/mol. The zero-order chi connectivity index (χ0) is 19.9. The van der Waals surface area contributed by atoms with Crippen molar-refractivity contribution in [1.29, 1.82) is 0 Å². The molecule has 2 unspecified atom stereocenters. The Hall–Kier alpha value is -2.15. The summed E-state index contributed by atoms with van der Waals surface area (Å²) in [7, 11) is 3.52. The van der Waals surface area contributed by atoms with Crippen LogP contribution in [0.2, 0.25) is 0 Å². The Morgan fingerprint density at radius 1 is 1.07 bits per heavy atom. The van der Waals surface area contributed by atoms with Gasteiger partial charge in [-0.25, -0.2) is 0 Å². The first kappa shape index (κ1) is 21.6. The van der Waals surface area contributed by atoms with Crippen molar-refractivity contribution in [3.05, 3.63) is 60.2 Å². The number of halogens is 1. The molecule has 3 aromatic carbocycles. The van der Waals surface area contributed by atoms with Crippen LogP contribution in [-0.2, 0) is 18.3 Å². The van der Waals surface area contributed by atoms with Gasteiger partial charge in [0.25, 0.3) is 0 Å². The van der Waals surface area contributed by atoms with Crippen molar-refractivity contribution >= 4 is 45.0 Å². The molecule has 0 aliphatic heterocycles. The molecule has 3 N–H and O–H groups in total. The molecule has 29 heavy (non-hydrogen) atoms. The fourth-order valence-electron chi connectivity index (χ4n) is 3.92. The number of rotatable bonds is 6. The van der Waals surface area contributed by atoms with E-state index in [2.05, 4.69) is 71.5 Å². The number of aliphatic hydroxyl groups excluding tert-OH is 2. The van der Waals surface area contributed by atoms with Crippen LogP contribution in [0, 0.1) is 0 Å². The second-order valence-corrected chi connectivity index (χ2v) is 7.61. The van der Waals surface area contributed by atoms with Gasteiger partial charge in [-0.2, -0.15) is 0 Å².